The van der Waals surface area contributed by atoms with Crippen LogP contribution in [0.3, 0.4) is 0 Å². The number of anilines is 1. The maximum Gasteiger partial charge on any atom is 0.221 e. The molecular formula is C16H14N2O2. The largest absolute Gasteiger partial charge is 0.454 e. The van der Waals surface area contributed by atoms with Gasteiger partial charge in [-0.25, -0.2) is 0 Å². The standard InChI is InChI=1S/C16H14N2O2/c1-11-7-8-13(10-17)16(9-11)20-15-6-4-3-5-14(15)18-12(2)19/h3-9H,1-2H3,(H,18,19). The SMILES string of the molecule is CC(=O)Nc1ccccc1Oc1cc(C)ccc1C#N. The molecule has 0 atom stereocenters. The van der Waals surface area contributed by atoms with E-state index in [1.54, 1.807) is 30.3 Å². The number of benzene rings is 2. The lowest BCUT2D eigenvalue weighted by atomic mass is 10.1. The Morgan fingerprint density at radius 3 is 2.65 bits per heavy atom. The second-order valence-electron chi connectivity index (χ2n) is 4.39. The molecule has 1 N–H and O–H groups in total. The molecule has 20 heavy (non-hydrogen) atoms. The minimum atomic E-state index is -0.175. The third-order valence-corrected chi connectivity index (χ3v) is 2.68. The summed E-state index contributed by atoms with van der Waals surface area (Å²) < 4.78 is 5.78. The molecule has 0 saturated carbocycles. The third kappa shape index (κ3) is 3.15. The molecule has 0 aliphatic carbocycles. The Balaban J connectivity index is 2.38. The van der Waals surface area contributed by atoms with Crippen LogP contribution in [-0.4, -0.2) is 5.91 Å². The molecule has 0 spiro atoms. The Hall–Kier alpha value is -2.80. The number of carbonyl (C=O) groups excluding carboxylic acids is 1. The molecule has 2 rings (SSSR count). The molecule has 2 aromatic carbocycles. The molecule has 4 heteroatoms. The van der Waals surface area contributed by atoms with Crippen molar-refractivity contribution in [2.24, 2.45) is 0 Å². The van der Waals surface area contributed by atoms with Gasteiger partial charge in [-0.2, -0.15) is 5.26 Å². The van der Waals surface area contributed by atoms with Gasteiger partial charge in [-0.1, -0.05) is 18.2 Å². The summed E-state index contributed by atoms with van der Waals surface area (Å²) in [6.07, 6.45) is 0. The highest BCUT2D eigenvalue weighted by Gasteiger charge is 2.09. The van der Waals surface area contributed by atoms with Gasteiger partial charge in [0.1, 0.15) is 11.8 Å². The highest BCUT2D eigenvalue weighted by molar-refractivity contribution is 5.90. The van der Waals surface area contributed by atoms with Crippen LogP contribution in [0, 0.1) is 18.3 Å². The quantitative estimate of drug-likeness (QED) is 0.922. The lowest BCUT2D eigenvalue weighted by Gasteiger charge is -2.12. The maximum absolute atomic E-state index is 11.2. The molecule has 0 fully saturated rings. The van der Waals surface area contributed by atoms with Gasteiger partial charge in [-0.15, -0.1) is 0 Å². The van der Waals surface area contributed by atoms with Gasteiger partial charge in [0.05, 0.1) is 11.3 Å². The number of hydrogen-bond acceptors (Lipinski definition) is 3. The second kappa shape index (κ2) is 5.89. The van der Waals surface area contributed by atoms with Gasteiger partial charge < -0.3 is 10.1 Å². The average Bonchev–Trinajstić information content (AvgIpc) is 2.41. The van der Waals surface area contributed by atoms with Crippen LogP contribution in [0.5, 0.6) is 11.5 Å². The number of aryl methyl sites for hydroxylation is 1. The van der Waals surface area contributed by atoms with Gasteiger partial charge in [0, 0.05) is 6.92 Å². The molecule has 2 aromatic rings. The smallest absolute Gasteiger partial charge is 0.221 e. The fraction of sp³-hybridized carbons (Fsp3) is 0.125. The molecule has 100 valence electrons. The van der Waals surface area contributed by atoms with Crippen LogP contribution in [0.4, 0.5) is 5.69 Å². The Bertz CT molecular complexity index is 687. The van der Waals surface area contributed by atoms with Gasteiger partial charge in [0.25, 0.3) is 0 Å². The zero-order chi connectivity index (χ0) is 14.5. The van der Waals surface area contributed by atoms with Gasteiger partial charge >= 0.3 is 0 Å². The first kappa shape index (κ1) is 13.6. The van der Waals surface area contributed by atoms with Crippen molar-refractivity contribution >= 4 is 11.6 Å². The van der Waals surface area contributed by atoms with Crippen molar-refractivity contribution in [3.8, 4) is 17.6 Å². The van der Waals surface area contributed by atoms with E-state index < -0.39 is 0 Å². The van der Waals surface area contributed by atoms with Gasteiger partial charge in [-0.05, 0) is 36.8 Å². The summed E-state index contributed by atoms with van der Waals surface area (Å²) in [5.41, 5.74) is 2.02. The monoisotopic (exact) mass is 266 g/mol. The van der Waals surface area contributed by atoms with Crippen molar-refractivity contribution in [2.75, 3.05) is 5.32 Å². The van der Waals surface area contributed by atoms with Crippen LogP contribution in [0.25, 0.3) is 0 Å². The van der Waals surface area contributed by atoms with E-state index in [1.807, 2.05) is 19.1 Å². The number of rotatable bonds is 3. The summed E-state index contributed by atoms with van der Waals surface area (Å²) in [5, 5.41) is 11.8. The van der Waals surface area contributed by atoms with Crippen molar-refractivity contribution < 1.29 is 9.53 Å². The predicted molar refractivity (Wildman–Crippen MR) is 76.7 cm³/mol. The minimum Gasteiger partial charge on any atom is -0.454 e. The van der Waals surface area contributed by atoms with Crippen LogP contribution in [-0.2, 0) is 4.79 Å². The van der Waals surface area contributed by atoms with Crippen LogP contribution < -0.4 is 10.1 Å². The molecule has 0 saturated heterocycles. The minimum absolute atomic E-state index is 0.175. The average molecular weight is 266 g/mol. The first-order chi connectivity index (χ1) is 9.60. The topological polar surface area (TPSA) is 62.1 Å². The number of ether oxygens (including phenoxy) is 1. The van der Waals surface area contributed by atoms with Gasteiger partial charge in [0.2, 0.25) is 5.91 Å². The van der Waals surface area contributed by atoms with Crippen molar-refractivity contribution in [3.63, 3.8) is 0 Å². The van der Waals surface area contributed by atoms with E-state index in [-0.39, 0.29) is 5.91 Å². The van der Waals surface area contributed by atoms with Gasteiger partial charge in [0.15, 0.2) is 5.75 Å². The van der Waals surface area contributed by atoms with Gasteiger partial charge in [-0.3, -0.25) is 4.79 Å². The summed E-state index contributed by atoms with van der Waals surface area (Å²) in [6.45, 7) is 3.36. The number of nitrogens with zero attached hydrogens (tertiary/aromatic N) is 1. The summed E-state index contributed by atoms with van der Waals surface area (Å²) in [5.74, 6) is 0.806. The molecular weight excluding hydrogens is 252 g/mol. The Morgan fingerprint density at radius 1 is 1.20 bits per heavy atom. The fourth-order valence-electron chi connectivity index (χ4n) is 1.77. The number of nitriles is 1. The second-order valence-corrected chi connectivity index (χ2v) is 4.39. The van der Waals surface area contributed by atoms with E-state index in [2.05, 4.69) is 11.4 Å². The first-order valence-corrected chi connectivity index (χ1v) is 6.15. The number of nitrogens with one attached hydrogen (secondary N) is 1. The van der Waals surface area contributed by atoms with Crippen molar-refractivity contribution in [2.45, 2.75) is 13.8 Å². The van der Waals surface area contributed by atoms with Crippen LogP contribution >= 0.6 is 0 Å². The van der Waals surface area contributed by atoms with E-state index in [0.29, 0.717) is 22.7 Å². The van der Waals surface area contributed by atoms with E-state index >= 15 is 0 Å². The van der Waals surface area contributed by atoms with Crippen molar-refractivity contribution in [1.29, 1.82) is 5.26 Å². The molecule has 0 unspecified atom stereocenters. The Labute approximate surface area is 117 Å². The zero-order valence-electron chi connectivity index (χ0n) is 11.3. The number of para-hydroxylation sites is 2. The normalized spacial score (nSPS) is 9.65. The van der Waals surface area contributed by atoms with E-state index in [9.17, 15) is 4.79 Å². The number of amides is 1. The number of carbonyl (C=O) groups is 1. The van der Waals surface area contributed by atoms with E-state index in [1.165, 1.54) is 6.92 Å². The zero-order valence-corrected chi connectivity index (χ0v) is 11.3. The maximum atomic E-state index is 11.2. The van der Waals surface area contributed by atoms with E-state index in [0.717, 1.165) is 5.56 Å². The predicted octanol–water partition coefficient (Wildman–Crippen LogP) is 3.62. The van der Waals surface area contributed by atoms with E-state index in [4.69, 9.17) is 10.00 Å². The molecule has 0 aliphatic rings. The van der Waals surface area contributed by atoms with Crippen LogP contribution in [0.2, 0.25) is 0 Å². The van der Waals surface area contributed by atoms with Crippen LogP contribution in [0.1, 0.15) is 18.1 Å². The highest BCUT2D eigenvalue weighted by Crippen LogP contribution is 2.31. The Kier molecular flexibility index (Phi) is 4.02. The molecule has 4 nitrogen and oxygen atoms in total. The molecule has 0 aliphatic heterocycles. The van der Waals surface area contributed by atoms with Crippen molar-refractivity contribution in [1.82, 2.24) is 0 Å². The Morgan fingerprint density at radius 2 is 1.95 bits per heavy atom. The van der Waals surface area contributed by atoms with Crippen molar-refractivity contribution in [3.05, 3.63) is 53.6 Å². The third-order valence-electron chi connectivity index (χ3n) is 2.68. The summed E-state index contributed by atoms with van der Waals surface area (Å²) in [6, 6.07) is 14.6. The molecule has 0 heterocycles. The summed E-state index contributed by atoms with van der Waals surface area (Å²) in [7, 11) is 0. The molecule has 1 amide bonds. The summed E-state index contributed by atoms with van der Waals surface area (Å²) in [4.78, 5) is 11.2. The summed E-state index contributed by atoms with van der Waals surface area (Å²) >= 11 is 0. The highest BCUT2D eigenvalue weighted by atomic mass is 16.5. The molecule has 0 radical (unpaired) electrons. The lowest BCUT2D eigenvalue weighted by Crippen LogP contribution is -2.06. The fourth-order valence-corrected chi connectivity index (χ4v) is 1.77. The number of hydrogen-bond donors (Lipinski definition) is 1. The van der Waals surface area contributed by atoms with Crippen LogP contribution in [0.15, 0.2) is 42.5 Å². The first-order valence-electron chi connectivity index (χ1n) is 6.15. The lowest BCUT2D eigenvalue weighted by molar-refractivity contribution is -0.114. The molecule has 0 aromatic heterocycles. The molecule has 0 bridgehead atoms.